The second kappa shape index (κ2) is 11.2. The Morgan fingerprint density at radius 3 is 2.57 bits per heavy atom. The molecule has 1 saturated carbocycles. The molecule has 0 atom stereocenters. The number of halogens is 4. The van der Waals surface area contributed by atoms with Gasteiger partial charge in [0, 0.05) is 29.7 Å². The lowest BCUT2D eigenvalue weighted by Gasteiger charge is -2.24. The molecule has 1 heterocycles. The number of benzene rings is 2. The van der Waals surface area contributed by atoms with Crippen LogP contribution in [0.3, 0.4) is 0 Å². The van der Waals surface area contributed by atoms with Crippen molar-refractivity contribution >= 4 is 48.6 Å². The van der Waals surface area contributed by atoms with E-state index >= 15 is 0 Å². The average Bonchev–Trinajstić information content (AvgIpc) is 2.85. The van der Waals surface area contributed by atoms with Crippen molar-refractivity contribution in [2.24, 2.45) is 5.92 Å². The van der Waals surface area contributed by atoms with Crippen LogP contribution in [-0.2, 0) is 10.0 Å². The Labute approximate surface area is 220 Å². The lowest BCUT2D eigenvalue weighted by atomic mass is 9.86. The Bertz CT molecular complexity index is 1410. The second-order valence-electron chi connectivity index (χ2n) is 8.54. The van der Waals surface area contributed by atoms with Gasteiger partial charge in [0.2, 0.25) is 16.0 Å². The number of anilines is 2. The van der Waals surface area contributed by atoms with Crippen LogP contribution >= 0.6 is 15.9 Å². The summed E-state index contributed by atoms with van der Waals surface area (Å²) in [6.07, 6.45) is -0.200. The summed E-state index contributed by atoms with van der Waals surface area (Å²) in [7, 11) is -2.41. The van der Waals surface area contributed by atoms with Gasteiger partial charge in [0.15, 0.2) is 5.75 Å². The van der Waals surface area contributed by atoms with E-state index in [1.54, 1.807) is 7.05 Å². The Kier molecular flexibility index (Phi) is 8.24. The van der Waals surface area contributed by atoms with Crippen LogP contribution in [0, 0.1) is 5.92 Å². The number of sulfonamides is 1. The van der Waals surface area contributed by atoms with Crippen LogP contribution in [0.5, 0.6) is 5.75 Å². The standard InChI is InChI=1S/C24H25BrF3N5O3S/c1-29-22-18-4-2-3-5-19(18)32-23(33-22)30-13-15-6-8-16(9-7-15)14-31-37(34,35)21-11-10-17(25)12-20(21)36-24(26,27)28/h2-5,10-13,16,31H,6-9,14H2,1H3,(H2,29,30,32,33). The van der Waals surface area contributed by atoms with Gasteiger partial charge in [-0.3, -0.25) is 0 Å². The third-order valence-electron chi connectivity index (χ3n) is 5.98. The molecule has 0 bridgehead atoms. The summed E-state index contributed by atoms with van der Waals surface area (Å²) in [6, 6.07) is 11.1. The lowest BCUT2D eigenvalue weighted by molar-refractivity contribution is -0.275. The average molecular weight is 600 g/mol. The third kappa shape index (κ3) is 7.11. The van der Waals surface area contributed by atoms with E-state index < -0.39 is 27.0 Å². The van der Waals surface area contributed by atoms with Crippen molar-refractivity contribution in [3.8, 4) is 5.75 Å². The Hall–Kier alpha value is -2.90. The number of aromatic nitrogens is 2. The highest BCUT2D eigenvalue weighted by Gasteiger charge is 2.34. The van der Waals surface area contributed by atoms with E-state index in [2.05, 4.69) is 46.0 Å². The predicted molar refractivity (Wildman–Crippen MR) is 139 cm³/mol. The lowest BCUT2D eigenvalue weighted by Crippen LogP contribution is -2.31. The predicted octanol–water partition coefficient (Wildman–Crippen LogP) is 5.80. The number of fused-ring (bicyclic) bond motifs is 1. The van der Waals surface area contributed by atoms with Crippen molar-refractivity contribution in [1.29, 1.82) is 0 Å². The molecule has 198 valence electrons. The van der Waals surface area contributed by atoms with Gasteiger partial charge in [0.05, 0.1) is 5.52 Å². The van der Waals surface area contributed by atoms with Crippen molar-refractivity contribution in [3.05, 3.63) is 58.7 Å². The number of alkyl halides is 3. The van der Waals surface area contributed by atoms with E-state index in [9.17, 15) is 21.6 Å². The number of para-hydroxylation sites is 1. The minimum absolute atomic E-state index is 0.0437. The molecule has 1 aliphatic carbocycles. The fourth-order valence-electron chi connectivity index (χ4n) is 4.11. The van der Waals surface area contributed by atoms with E-state index in [-0.39, 0.29) is 16.9 Å². The van der Waals surface area contributed by atoms with Gasteiger partial charge >= 0.3 is 6.36 Å². The third-order valence-corrected chi connectivity index (χ3v) is 7.93. The molecule has 3 aromatic rings. The monoisotopic (exact) mass is 599 g/mol. The van der Waals surface area contributed by atoms with Gasteiger partial charge in [-0.25, -0.2) is 18.1 Å². The van der Waals surface area contributed by atoms with E-state index in [0.29, 0.717) is 5.95 Å². The highest BCUT2D eigenvalue weighted by molar-refractivity contribution is 9.10. The molecule has 1 fully saturated rings. The van der Waals surface area contributed by atoms with Gasteiger partial charge in [-0.2, -0.15) is 4.98 Å². The topological polar surface area (TPSA) is 105 Å². The highest BCUT2D eigenvalue weighted by Crippen LogP contribution is 2.33. The molecule has 0 spiro atoms. The van der Waals surface area contributed by atoms with Crippen LogP contribution in [0.25, 0.3) is 10.9 Å². The zero-order valence-corrected chi connectivity index (χ0v) is 22.2. The summed E-state index contributed by atoms with van der Waals surface area (Å²) in [5, 5.41) is 7.16. The van der Waals surface area contributed by atoms with Crippen LogP contribution < -0.4 is 20.1 Å². The fourth-order valence-corrected chi connectivity index (χ4v) is 5.67. The number of ether oxygens (including phenoxy) is 1. The molecule has 3 N–H and O–H groups in total. The molecule has 0 aliphatic heterocycles. The first-order valence-electron chi connectivity index (χ1n) is 11.5. The molecule has 4 rings (SSSR count). The molecule has 2 aromatic carbocycles. The van der Waals surface area contributed by atoms with Gasteiger partial charge in [0.25, 0.3) is 0 Å². The number of nitrogens with one attached hydrogen (secondary N) is 3. The van der Waals surface area contributed by atoms with Gasteiger partial charge < -0.3 is 15.4 Å². The number of allylic oxidation sites excluding steroid dienone is 1. The summed E-state index contributed by atoms with van der Waals surface area (Å²) in [5.74, 6) is 0.447. The van der Waals surface area contributed by atoms with Crippen LogP contribution in [0.2, 0.25) is 0 Å². The SMILES string of the molecule is CNc1nc(NC=C2CCC(CNS(=O)(=O)c3ccc(Br)cc3OC(F)(F)F)CC2)nc2ccccc12. The molecule has 0 radical (unpaired) electrons. The second-order valence-corrected chi connectivity index (χ2v) is 11.2. The van der Waals surface area contributed by atoms with E-state index in [1.165, 1.54) is 6.07 Å². The zero-order chi connectivity index (χ0) is 26.6. The minimum Gasteiger partial charge on any atom is -0.404 e. The van der Waals surface area contributed by atoms with Crippen molar-refractivity contribution in [2.75, 3.05) is 24.2 Å². The van der Waals surface area contributed by atoms with Gasteiger partial charge in [-0.15, -0.1) is 13.2 Å². The number of rotatable bonds is 8. The molecular formula is C24H25BrF3N5O3S. The molecule has 13 heteroatoms. The molecule has 8 nitrogen and oxygen atoms in total. The van der Waals surface area contributed by atoms with Gasteiger partial charge in [0.1, 0.15) is 10.7 Å². The smallest absolute Gasteiger partial charge is 0.404 e. The van der Waals surface area contributed by atoms with Crippen LogP contribution in [0.15, 0.2) is 63.6 Å². The maximum atomic E-state index is 12.8. The molecule has 1 aliphatic rings. The normalized spacial score (nSPS) is 16.5. The zero-order valence-electron chi connectivity index (χ0n) is 19.8. The number of hydrogen-bond donors (Lipinski definition) is 3. The minimum atomic E-state index is -5.02. The molecule has 0 unspecified atom stereocenters. The molecule has 0 saturated heterocycles. The first-order valence-corrected chi connectivity index (χ1v) is 13.8. The van der Waals surface area contributed by atoms with Crippen LogP contribution in [0.4, 0.5) is 24.9 Å². The van der Waals surface area contributed by atoms with E-state index in [1.807, 2.05) is 30.5 Å². The largest absolute Gasteiger partial charge is 0.573 e. The van der Waals surface area contributed by atoms with E-state index in [0.717, 1.165) is 60.1 Å². The maximum Gasteiger partial charge on any atom is 0.573 e. The number of nitrogens with zero attached hydrogens (tertiary/aromatic N) is 2. The molecule has 37 heavy (non-hydrogen) atoms. The Balaban J connectivity index is 1.35. The van der Waals surface area contributed by atoms with Crippen molar-refractivity contribution in [1.82, 2.24) is 14.7 Å². The number of hydrogen-bond acceptors (Lipinski definition) is 7. The first kappa shape index (κ1) is 27.1. The summed E-state index contributed by atoms with van der Waals surface area (Å²) in [5.41, 5.74) is 1.96. The van der Waals surface area contributed by atoms with Gasteiger partial charge in [-0.05, 0) is 61.9 Å². The van der Waals surface area contributed by atoms with Crippen molar-refractivity contribution < 1.29 is 26.3 Å². The molecule has 0 amide bonds. The quantitative estimate of drug-likeness (QED) is 0.300. The summed E-state index contributed by atoms with van der Waals surface area (Å²) in [6.45, 7) is 0.115. The Morgan fingerprint density at radius 2 is 1.86 bits per heavy atom. The van der Waals surface area contributed by atoms with Crippen molar-refractivity contribution in [2.45, 2.75) is 36.9 Å². The van der Waals surface area contributed by atoms with Gasteiger partial charge in [-0.1, -0.05) is 33.6 Å². The van der Waals surface area contributed by atoms with Crippen molar-refractivity contribution in [3.63, 3.8) is 0 Å². The first-order chi connectivity index (χ1) is 17.5. The highest BCUT2D eigenvalue weighted by atomic mass is 79.9. The van der Waals surface area contributed by atoms with Crippen LogP contribution in [0.1, 0.15) is 25.7 Å². The molecule has 1 aromatic heterocycles. The van der Waals surface area contributed by atoms with E-state index in [4.69, 9.17) is 0 Å². The summed E-state index contributed by atoms with van der Waals surface area (Å²) >= 11 is 3.04. The maximum absolute atomic E-state index is 12.8. The molecular weight excluding hydrogens is 575 g/mol. The van der Waals surface area contributed by atoms with Crippen LogP contribution in [-0.4, -0.2) is 38.3 Å². The summed E-state index contributed by atoms with van der Waals surface area (Å²) in [4.78, 5) is 8.47. The Morgan fingerprint density at radius 1 is 1.14 bits per heavy atom. The summed E-state index contributed by atoms with van der Waals surface area (Å²) < 4.78 is 70.4. The fraction of sp³-hybridized carbons (Fsp3) is 0.333.